The Morgan fingerprint density at radius 2 is 2.00 bits per heavy atom. The molecule has 0 heterocycles. The van der Waals surface area contributed by atoms with Gasteiger partial charge in [0.2, 0.25) is 9.04 Å². The highest BCUT2D eigenvalue weighted by Gasteiger charge is 2.07. The van der Waals surface area contributed by atoms with Gasteiger partial charge in [0, 0.05) is 18.3 Å². The standard InChI is InChI=1S/C13H27O2SSi/c1-5-6-7-10-13(14)16-11-8-9-12(2)15-17(3)4/h12H,5-11H2,1-4H3. The lowest BCUT2D eigenvalue weighted by Crippen LogP contribution is -2.17. The van der Waals surface area contributed by atoms with Gasteiger partial charge in [-0.3, -0.25) is 4.79 Å². The molecule has 2 nitrogen and oxygen atoms in total. The van der Waals surface area contributed by atoms with Gasteiger partial charge in [-0.15, -0.1) is 0 Å². The predicted octanol–water partition coefficient (Wildman–Crippen LogP) is 4.26. The van der Waals surface area contributed by atoms with E-state index in [-0.39, 0.29) is 0 Å². The lowest BCUT2D eigenvalue weighted by Gasteiger charge is -2.14. The van der Waals surface area contributed by atoms with E-state index in [4.69, 9.17) is 4.43 Å². The number of hydrogen-bond acceptors (Lipinski definition) is 3. The van der Waals surface area contributed by atoms with Crippen LogP contribution in [-0.4, -0.2) is 26.0 Å². The van der Waals surface area contributed by atoms with Crippen molar-refractivity contribution in [3.63, 3.8) is 0 Å². The number of rotatable bonds is 10. The Labute approximate surface area is 113 Å². The maximum atomic E-state index is 11.5. The Morgan fingerprint density at radius 3 is 2.59 bits per heavy atom. The molecule has 0 aromatic heterocycles. The molecule has 0 aromatic rings. The van der Waals surface area contributed by atoms with Crippen LogP contribution in [-0.2, 0) is 9.22 Å². The smallest absolute Gasteiger partial charge is 0.205 e. The van der Waals surface area contributed by atoms with Crippen LogP contribution in [0.15, 0.2) is 0 Å². The van der Waals surface area contributed by atoms with E-state index < -0.39 is 9.04 Å². The molecule has 0 aliphatic carbocycles. The molecule has 0 amide bonds. The van der Waals surface area contributed by atoms with Crippen molar-refractivity contribution < 1.29 is 9.22 Å². The van der Waals surface area contributed by atoms with Crippen LogP contribution < -0.4 is 0 Å². The average molecular weight is 276 g/mol. The third-order valence-corrected chi connectivity index (χ3v) is 4.33. The summed E-state index contributed by atoms with van der Waals surface area (Å²) >= 11 is 1.50. The molecule has 0 fully saturated rings. The molecule has 1 atom stereocenters. The molecule has 0 spiro atoms. The van der Waals surface area contributed by atoms with Gasteiger partial charge in [0.25, 0.3) is 0 Å². The minimum Gasteiger partial charge on any atom is -0.415 e. The molecule has 1 radical (unpaired) electrons. The number of unbranched alkanes of at least 4 members (excludes halogenated alkanes) is 2. The fraction of sp³-hybridized carbons (Fsp3) is 0.923. The molecule has 17 heavy (non-hydrogen) atoms. The zero-order valence-corrected chi connectivity index (χ0v) is 13.6. The molecule has 4 heteroatoms. The summed E-state index contributed by atoms with van der Waals surface area (Å²) in [6.45, 7) is 8.61. The van der Waals surface area contributed by atoms with E-state index >= 15 is 0 Å². The monoisotopic (exact) mass is 275 g/mol. The molecule has 0 saturated heterocycles. The molecule has 1 unspecified atom stereocenters. The number of carbonyl (C=O) groups excluding carboxylic acids is 1. The second kappa shape index (κ2) is 11.3. The van der Waals surface area contributed by atoms with E-state index in [1.165, 1.54) is 24.6 Å². The van der Waals surface area contributed by atoms with Gasteiger partial charge >= 0.3 is 0 Å². The van der Waals surface area contributed by atoms with E-state index in [2.05, 4.69) is 26.9 Å². The summed E-state index contributed by atoms with van der Waals surface area (Å²) in [5.41, 5.74) is 0. The highest BCUT2D eigenvalue weighted by Crippen LogP contribution is 2.13. The van der Waals surface area contributed by atoms with Crippen molar-refractivity contribution >= 4 is 25.9 Å². The summed E-state index contributed by atoms with van der Waals surface area (Å²) in [6, 6.07) is 0. The van der Waals surface area contributed by atoms with E-state index in [0.717, 1.165) is 31.4 Å². The molecule has 0 rings (SSSR count). The van der Waals surface area contributed by atoms with Crippen LogP contribution in [0.25, 0.3) is 0 Å². The molecular formula is C13H27O2SSi. The zero-order chi connectivity index (χ0) is 13.1. The average Bonchev–Trinajstić information content (AvgIpc) is 2.24. The SMILES string of the molecule is CCCCCC(=O)SCCCC(C)O[Si](C)C. The molecule has 101 valence electrons. The van der Waals surface area contributed by atoms with E-state index in [9.17, 15) is 4.79 Å². The Hall–Kier alpha value is 0.197. The molecule has 0 aromatic carbocycles. The third-order valence-electron chi connectivity index (χ3n) is 2.44. The Morgan fingerprint density at radius 1 is 1.29 bits per heavy atom. The van der Waals surface area contributed by atoms with E-state index in [1.807, 2.05) is 0 Å². The largest absolute Gasteiger partial charge is 0.415 e. The minimum absolute atomic E-state index is 0.356. The van der Waals surface area contributed by atoms with Gasteiger partial charge in [-0.05, 0) is 39.3 Å². The summed E-state index contributed by atoms with van der Waals surface area (Å²) in [7, 11) is -0.575. The van der Waals surface area contributed by atoms with Gasteiger partial charge < -0.3 is 4.43 Å². The van der Waals surface area contributed by atoms with Gasteiger partial charge in [0.05, 0.1) is 0 Å². The van der Waals surface area contributed by atoms with Crippen molar-refractivity contribution in [2.45, 2.75) is 71.6 Å². The first-order valence-corrected chi connectivity index (χ1v) is 10.1. The van der Waals surface area contributed by atoms with Crippen LogP contribution in [0, 0.1) is 0 Å². The van der Waals surface area contributed by atoms with Crippen molar-refractivity contribution in [2.24, 2.45) is 0 Å². The zero-order valence-electron chi connectivity index (χ0n) is 11.8. The van der Waals surface area contributed by atoms with E-state index in [0.29, 0.717) is 11.2 Å². The van der Waals surface area contributed by atoms with Gasteiger partial charge in [-0.25, -0.2) is 0 Å². The maximum absolute atomic E-state index is 11.5. The minimum atomic E-state index is -0.575. The summed E-state index contributed by atoms with van der Waals surface area (Å²) in [6.07, 6.45) is 6.68. The number of thioether (sulfide) groups is 1. The molecule has 0 aliphatic rings. The Kier molecular flexibility index (Phi) is 11.4. The topological polar surface area (TPSA) is 26.3 Å². The summed E-state index contributed by atoms with van der Waals surface area (Å²) in [5.74, 6) is 0.953. The molecule has 0 bridgehead atoms. The summed E-state index contributed by atoms with van der Waals surface area (Å²) in [4.78, 5) is 11.5. The summed E-state index contributed by atoms with van der Waals surface area (Å²) in [5, 5.41) is 0.364. The van der Waals surface area contributed by atoms with Gasteiger partial charge in [-0.1, -0.05) is 31.5 Å². The lowest BCUT2D eigenvalue weighted by molar-refractivity contribution is -0.111. The first-order valence-electron chi connectivity index (χ1n) is 6.68. The fourth-order valence-corrected chi connectivity index (χ4v) is 3.36. The first kappa shape index (κ1) is 17.2. The highest BCUT2D eigenvalue weighted by molar-refractivity contribution is 8.13. The van der Waals surface area contributed by atoms with Gasteiger partial charge in [0.1, 0.15) is 0 Å². The van der Waals surface area contributed by atoms with Crippen molar-refractivity contribution in [1.29, 1.82) is 0 Å². The molecule has 0 saturated carbocycles. The predicted molar refractivity (Wildman–Crippen MR) is 78.9 cm³/mol. The highest BCUT2D eigenvalue weighted by atomic mass is 32.2. The van der Waals surface area contributed by atoms with Crippen LogP contribution in [0.1, 0.15) is 52.4 Å². The van der Waals surface area contributed by atoms with Crippen LogP contribution in [0.5, 0.6) is 0 Å². The van der Waals surface area contributed by atoms with Crippen molar-refractivity contribution in [3.8, 4) is 0 Å². The molecule has 0 N–H and O–H groups in total. The third kappa shape index (κ3) is 12.4. The Balaban J connectivity index is 3.35. The lowest BCUT2D eigenvalue weighted by atomic mass is 10.2. The van der Waals surface area contributed by atoms with Crippen LogP contribution in [0.2, 0.25) is 13.1 Å². The molecule has 0 aliphatic heterocycles. The van der Waals surface area contributed by atoms with Gasteiger partial charge in [0.15, 0.2) is 5.12 Å². The number of carbonyl (C=O) groups is 1. The fourth-order valence-electron chi connectivity index (χ4n) is 1.61. The normalized spacial score (nSPS) is 13.0. The van der Waals surface area contributed by atoms with Crippen molar-refractivity contribution in [2.75, 3.05) is 5.75 Å². The van der Waals surface area contributed by atoms with Crippen LogP contribution >= 0.6 is 11.8 Å². The van der Waals surface area contributed by atoms with Gasteiger partial charge in [-0.2, -0.15) is 0 Å². The first-order chi connectivity index (χ1) is 8.06. The second-order valence-corrected chi connectivity index (χ2v) is 7.86. The number of hydrogen-bond donors (Lipinski definition) is 0. The Bertz CT molecular complexity index is 198. The quantitative estimate of drug-likeness (QED) is 0.440. The van der Waals surface area contributed by atoms with E-state index in [1.54, 1.807) is 0 Å². The second-order valence-electron chi connectivity index (χ2n) is 4.66. The van der Waals surface area contributed by atoms with Crippen LogP contribution in [0.4, 0.5) is 0 Å². The summed E-state index contributed by atoms with van der Waals surface area (Å²) < 4.78 is 5.74. The molecular weight excluding hydrogens is 248 g/mol. The maximum Gasteiger partial charge on any atom is 0.205 e. The van der Waals surface area contributed by atoms with Crippen LogP contribution in [0.3, 0.4) is 0 Å². The van der Waals surface area contributed by atoms with Crippen molar-refractivity contribution in [3.05, 3.63) is 0 Å². The van der Waals surface area contributed by atoms with Crippen molar-refractivity contribution in [1.82, 2.24) is 0 Å².